The third-order valence-electron chi connectivity index (χ3n) is 4.37. The molecule has 1 atom stereocenters. The topological polar surface area (TPSA) is 40.5 Å². The fourth-order valence-corrected chi connectivity index (χ4v) is 2.83. The monoisotopic (exact) mass is 261 g/mol. The first-order valence-electron chi connectivity index (χ1n) is 7.19. The van der Waals surface area contributed by atoms with E-state index in [0.717, 1.165) is 13.1 Å². The van der Waals surface area contributed by atoms with E-state index < -0.39 is 5.97 Å². The summed E-state index contributed by atoms with van der Waals surface area (Å²) in [6.45, 7) is 6.84. The molecule has 1 N–H and O–H groups in total. The molecule has 19 heavy (non-hydrogen) atoms. The van der Waals surface area contributed by atoms with Crippen LogP contribution in [-0.4, -0.2) is 35.1 Å². The summed E-state index contributed by atoms with van der Waals surface area (Å²) >= 11 is 0. The molecule has 0 amide bonds. The minimum Gasteiger partial charge on any atom is -0.478 e. The Hall–Kier alpha value is -1.35. The Kier molecular flexibility index (Phi) is 4.59. The minimum atomic E-state index is -0.849. The van der Waals surface area contributed by atoms with Crippen molar-refractivity contribution in [2.24, 2.45) is 0 Å². The normalized spacial score (nSPS) is 19.3. The average molecular weight is 261 g/mol. The van der Waals surface area contributed by atoms with Crippen molar-refractivity contribution in [3.8, 4) is 0 Å². The van der Waals surface area contributed by atoms with E-state index >= 15 is 0 Å². The second-order valence-electron chi connectivity index (χ2n) is 5.49. The van der Waals surface area contributed by atoms with Gasteiger partial charge in [-0.25, -0.2) is 4.79 Å². The number of aromatic carboxylic acids is 1. The Balaban J connectivity index is 1.96. The highest BCUT2D eigenvalue weighted by Gasteiger charge is 2.22. The van der Waals surface area contributed by atoms with Crippen LogP contribution < -0.4 is 0 Å². The van der Waals surface area contributed by atoms with E-state index in [2.05, 4.69) is 18.7 Å². The molecular formula is C16H23NO2. The van der Waals surface area contributed by atoms with E-state index in [0.29, 0.717) is 17.5 Å². The van der Waals surface area contributed by atoms with Crippen molar-refractivity contribution in [3.63, 3.8) is 0 Å². The van der Waals surface area contributed by atoms with Gasteiger partial charge in [-0.05, 0) is 62.9 Å². The van der Waals surface area contributed by atoms with Crippen LogP contribution in [0.2, 0.25) is 0 Å². The van der Waals surface area contributed by atoms with E-state index in [1.807, 2.05) is 12.1 Å². The van der Waals surface area contributed by atoms with E-state index in [1.54, 1.807) is 12.1 Å². The van der Waals surface area contributed by atoms with Crippen LogP contribution in [-0.2, 0) is 0 Å². The van der Waals surface area contributed by atoms with Crippen molar-refractivity contribution >= 4 is 5.97 Å². The van der Waals surface area contributed by atoms with Gasteiger partial charge < -0.3 is 10.0 Å². The molecule has 2 rings (SSSR count). The summed E-state index contributed by atoms with van der Waals surface area (Å²) in [7, 11) is 0. The van der Waals surface area contributed by atoms with Crippen LogP contribution >= 0.6 is 0 Å². The van der Waals surface area contributed by atoms with Crippen molar-refractivity contribution in [2.75, 3.05) is 13.1 Å². The molecule has 0 aromatic heterocycles. The molecule has 1 aliphatic rings. The fraction of sp³-hybridized carbons (Fsp3) is 0.562. The molecule has 0 saturated carbocycles. The fourth-order valence-electron chi connectivity index (χ4n) is 2.83. The van der Waals surface area contributed by atoms with Crippen LogP contribution in [0, 0.1) is 0 Å². The molecule has 3 nitrogen and oxygen atoms in total. The molecule has 1 heterocycles. The molecule has 0 aliphatic carbocycles. The standard InChI is InChI=1S/C16H23NO2/c1-3-12(2)17-10-8-14(9-11-17)13-4-6-15(7-5-13)16(18)19/h4-7,12,14H,3,8-11H2,1-2H3,(H,18,19). The molecule has 1 unspecified atom stereocenters. The molecular weight excluding hydrogens is 238 g/mol. The van der Waals surface area contributed by atoms with Gasteiger partial charge in [0.25, 0.3) is 0 Å². The van der Waals surface area contributed by atoms with Crippen molar-refractivity contribution in [2.45, 2.75) is 45.1 Å². The highest BCUT2D eigenvalue weighted by Crippen LogP contribution is 2.29. The Morgan fingerprint density at radius 2 is 1.89 bits per heavy atom. The van der Waals surface area contributed by atoms with E-state index in [1.165, 1.54) is 24.8 Å². The number of carbonyl (C=O) groups is 1. The summed E-state index contributed by atoms with van der Waals surface area (Å²) in [5, 5.41) is 8.90. The van der Waals surface area contributed by atoms with Gasteiger partial charge in [0.2, 0.25) is 0 Å². The largest absolute Gasteiger partial charge is 0.478 e. The number of hydrogen-bond acceptors (Lipinski definition) is 2. The van der Waals surface area contributed by atoms with Crippen LogP contribution in [0.15, 0.2) is 24.3 Å². The second-order valence-corrected chi connectivity index (χ2v) is 5.49. The molecule has 104 valence electrons. The van der Waals surface area contributed by atoms with Crippen LogP contribution in [0.5, 0.6) is 0 Å². The first-order valence-corrected chi connectivity index (χ1v) is 7.19. The van der Waals surface area contributed by atoms with Gasteiger partial charge in [-0.3, -0.25) is 0 Å². The van der Waals surface area contributed by atoms with Crippen molar-refractivity contribution in [1.29, 1.82) is 0 Å². The SMILES string of the molecule is CCC(C)N1CCC(c2ccc(C(=O)O)cc2)CC1. The minimum absolute atomic E-state index is 0.376. The zero-order valence-corrected chi connectivity index (χ0v) is 11.8. The van der Waals surface area contributed by atoms with Crippen molar-refractivity contribution < 1.29 is 9.90 Å². The van der Waals surface area contributed by atoms with Gasteiger partial charge in [-0.1, -0.05) is 19.1 Å². The molecule has 0 radical (unpaired) electrons. The van der Waals surface area contributed by atoms with E-state index in [9.17, 15) is 4.79 Å². The predicted molar refractivity (Wildman–Crippen MR) is 76.7 cm³/mol. The molecule has 1 aliphatic heterocycles. The predicted octanol–water partition coefficient (Wildman–Crippen LogP) is 3.36. The molecule has 1 fully saturated rings. The third-order valence-corrected chi connectivity index (χ3v) is 4.37. The zero-order valence-electron chi connectivity index (χ0n) is 11.8. The number of benzene rings is 1. The van der Waals surface area contributed by atoms with Crippen molar-refractivity contribution in [3.05, 3.63) is 35.4 Å². The molecule has 3 heteroatoms. The maximum Gasteiger partial charge on any atom is 0.335 e. The Morgan fingerprint density at radius 1 is 1.32 bits per heavy atom. The summed E-state index contributed by atoms with van der Waals surface area (Å²) in [5.41, 5.74) is 1.66. The Bertz CT molecular complexity index is 419. The number of carboxylic acid groups (broad SMARTS) is 1. The lowest BCUT2D eigenvalue weighted by Gasteiger charge is -2.35. The molecule has 1 saturated heterocycles. The number of rotatable bonds is 4. The van der Waals surface area contributed by atoms with Crippen LogP contribution in [0.25, 0.3) is 0 Å². The number of piperidine rings is 1. The lowest BCUT2D eigenvalue weighted by molar-refractivity contribution is 0.0697. The maximum atomic E-state index is 10.8. The Labute approximate surface area is 115 Å². The number of hydrogen-bond donors (Lipinski definition) is 1. The number of carboxylic acids is 1. The maximum absolute atomic E-state index is 10.8. The third kappa shape index (κ3) is 3.35. The molecule has 0 spiro atoms. The van der Waals surface area contributed by atoms with Gasteiger partial charge in [0.15, 0.2) is 0 Å². The van der Waals surface area contributed by atoms with Crippen LogP contribution in [0.3, 0.4) is 0 Å². The smallest absolute Gasteiger partial charge is 0.335 e. The van der Waals surface area contributed by atoms with E-state index in [4.69, 9.17) is 5.11 Å². The van der Waals surface area contributed by atoms with Crippen LogP contribution in [0.4, 0.5) is 0 Å². The van der Waals surface area contributed by atoms with Crippen LogP contribution in [0.1, 0.15) is 54.9 Å². The van der Waals surface area contributed by atoms with Gasteiger partial charge in [-0.15, -0.1) is 0 Å². The highest BCUT2D eigenvalue weighted by molar-refractivity contribution is 5.87. The van der Waals surface area contributed by atoms with Gasteiger partial charge in [0.1, 0.15) is 0 Å². The second kappa shape index (κ2) is 6.20. The first kappa shape index (κ1) is 14.1. The van der Waals surface area contributed by atoms with Gasteiger partial charge in [0, 0.05) is 6.04 Å². The molecule has 0 bridgehead atoms. The summed E-state index contributed by atoms with van der Waals surface area (Å²) < 4.78 is 0. The Morgan fingerprint density at radius 3 is 2.37 bits per heavy atom. The quantitative estimate of drug-likeness (QED) is 0.903. The molecule has 1 aromatic rings. The van der Waals surface area contributed by atoms with Gasteiger partial charge in [0.05, 0.1) is 5.56 Å². The number of likely N-dealkylation sites (tertiary alicyclic amines) is 1. The average Bonchev–Trinajstić information content (AvgIpc) is 2.46. The summed E-state index contributed by atoms with van der Waals surface area (Å²) in [6.07, 6.45) is 3.56. The summed E-state index contributed by atoms with van der Waals surface area (Å²) in [4.78, 5) is 13.4. The van der Waals surface area contributed by atoms with Gasteiger partial charge >= 0.3 is 5.97 Å². The molecule has 1 aromatic carbocycles. The van der Waals surface area contributed by atoms with Gasteiger partial charge in [-0.2, -0.15) is 0 Å². The summed E-state index contributed by atoms with van der Waals surface area (Å²) in [5.74, 6) is -0.263. The lowest BCUT2D eigenvalue weighted by Crippen LogP contribution is -2.39. The van der Waals surface area contributed by atoms with Crippen molar-refractivity contribution in [1.82, 2.24) is 4.90 Å². The van der Waals surface area contributed by atoms with E-state index in [-0.39, 0.29) is 0 Å². The first-order chi connectivity index (χ1) is 9.11. The number of nitrogens with zero attached hydrogens (tertiary/aromatic N) is 1. The zero-order chi connectivity index (χ0) is 13.8. The lowest BCUT2D eigenvalue weighted by atomic mass is 9.88. The summed E-state index contributed by atoms with van der Waals surface area (Å²) in [6, 6.07) is 8.08. The highest BCUT2D eigenvalue weighted by atomic mass is 16.4.